The number of nitrogen functional groups attached to an aromatic ring is 1. The molecule has 1 atom stereocenters. The number of aromatic amines is 1. The molecule has 0 bridgehead atoms. The van der Waals surface area contributed by atoms with Crippen LogP contribution in [0.2, 0.25) is 5.02 Å². The van der Waals surface area contributed by atoms with Gasteiger partial charge in [-0.05, 0) is 37.5 Å². The third-order valence-corrected chi connectivity index (χ3v) is 3.80. The third kappa shape index (κ3) is 4.64. The Balaban J connectivity index is 1.74. The van der Waals surface area contributed by atoms with E-state index in [1.807, 2.05) is 31.2 Å². The number of H-pyrrole nitrogens is 1. The molecule has 24 heavy (non-hydrogen) atoms. The first-order valence-electron chi connectivity index (χ1n) is 7.54. The van der Waals surface area contributed by atoms with Crippen LogP contribution in [0.5, 0.6) is 0 Å². The molecule has 0 fully saturated rings. The van der Waals surface area contributed by atoms with Gasteiger partial charge in [-0.15, -0.1) is 0 Å². The molecule has 0 saturated heterocycles. The van der Waals surface area contributed by atoms with Crippen molar-refractivity contribution < 1.29 is 4.79 Å². The zero-order valence-corrected chi connectivity index (χ0v) is 14.0. The highest BCUT2D eigenvalue weighted by atomic mass is 35.5. The minimum absolute atomic E-state index is 0.152. The van der Waals surface area contributed by atoms with Gasteiger partial charge in [0.25, 0.3) is 0 Å². The van der Waals surface area contributed by atoms with Crippen molar-refractivity contribution in [1.82, 2.24) is 20.8 Å². The summed E-state index contributed by atoms with van der Waals surface area (Å²) in [4.78, 5) is 11.9. The zero-order valence-electron chi connectivity index (χ0n) is 13.3. The second kappa shape index (κ2) is 8.22. The van der Waals surface area contributed by atoms with Crippen LogP contribution >= 0.6 is 11.6 Å². The standard InChI is InChI=1S/C16H19ClN6O/c1-10(11-4-2-5-12(17)8-11)21-16(24)20-7-3-6-14-13(9-18)15(19)23-22-14/h2,4-5,8,10H,3,6-7H2,1H3,(H3,19,22,23)(H2,20,21,24)/t10-/m0/s1. The summed E-state index contributed by atoms with van der Waals surface area (Å²) in [6, 6.07) is 8.96. The van der Waals surface area contributed by atoms with Crippen LogP contribution < -0.4 is 16.4 Å². The number of carbonyl (C=O) groups excluding carboxylic acids is 1. The second-order valence-corrected chi connectivity index (χ2v) is 5.79. The maximum Gasteiger partial charge on any atom is 0.315 e. The summed E-state index contributed by atoms with van der Waals surface area (Å²) < 4.78 is 0. The van der Waals surface area contributed by atoms with Crippen LogP contribution in [0.1, 0.15) is 36.2 Å². The number of hydrogen-bond acceptors (Lipinski definition) is 4. The Morgan fingerprint density at radius 2 is 2.33 bits per heavy atom. The number of aromatic nitrogens is 2. The van der Waals surface area contributed by atoms with E-state index in [1.54, 1.807) is 6.07 Å². The Kier molecular flexibility index (Phi) is 6.04. The number of nitrogens with zero attached hydrogens (tertiary/aromatic N) is 2. The molecule has 0 aliphatic rings. The highest BCUT2D eigenvalue weighted by Crippen LogP contribution is 2.17. The molecule has 1 heterocycles. The normalized spacial score (nSPS) is 11.5. The SMILES string of the molecule is C[C@H](NC(=O)NCCCc1[nH]nc(N)c1C#N)c1cccc(Cl)c1. The Morgan fingerprint density at radius 3 is 3.04 bits per heavy atom. The number of urea groups is 1. The van der Waals surface area contributed by atoms with Crippen LogP contribution in [-0.2, 0) is 6.42 Å². The van der Waals surface area contributed by atoms with Crippen molar-refractivity contribution in [2.45, 2.75) is 25.8 Å². The summed E-state index contributed by atoms with van der Waals surface area (Å²) in [6.07, 6.45) is 1.24. The van der Waals surface area contributed by atoms with E-state index in [2.05, 4.69) is 20.8 Å². The average Bonchev–Trinajstić information content (AvgIpc) is 2.91. The average molecular weight is 347 g/mol. The Bertz CT molecular complexity index is 751. The van der Waals surface area contributed by atoms with E-state index in [1.165, 1.54) is 0 Å². The van der Waals surface area contributed by atoms with Gasteiger partial charge in [0.1, 0.15) is 11.6 Å². The number of nitrogens with one attached hydrogen (secondary N) is 3. The van der Waals surface area contributed by atoms with Gasteiger partial charge in [-0.25, -0.2) is 4.79 Å². The van der Waals surface area contributed by atoms with Crippen LogP contribution in [-0.4, -0.2) is 22.8 Å². The maximum absolute atomic E-state index is 11.9. The molecular weight excluding hydrogens is 328 g/mol. The molecule has 0 radical (unpaired) electrons. The first kappa shape index (κ1) is 17.6. The Morgan fingerprint density at radius 1 is 1.54 bits per heavy atom. The van der Waals surface area contributed by atoms with Crippen LogP contribution in [0, 0.1) is 11.3 Å². The number of anilines is 1. The minimum atomic E-state index is -0.257. The summed E-state index contributed by atoms with van der Waals surface area (Å²) in [7, 11) is 0. The smallest absolute Gasteiger partial charge is 0.315 e. The molecule has 0 saturated carbocycles. The summed E-state index contributed by atoms with van der Waals surface area (Å²) in [5.74, 6) is 0.202. The molecule has 0 unspecified atom stereocenters. The molecule has 1 aromatic heterocycles. The van der Waals surface area contributed by atoms with E-state index < -0.39 is 0 Å². The Labute approximate surface area is 145 Å². The first-order valence-corrected chi connectivity index (χ1v) is 7.91. The number of aryl methyl sites for hydroxylation is 1. The topological polar surface area (TPSA) is 120 Å². The van der Waals surface area contributed by atoms with Crippen LogP contribution in [0.15, 0.2) is 24.3 Å². The summed E-state index contributed by atoms with van der Waals surface area (Å²) in [5.41, 5.74) is 7.56. The zero-order chi connectivity index (χ0) is 17.5. The first-order chi connectivity index (χ1) is 11.5. The monoisotopic (exact) mass is 346 g/mol. The lowest BCUT2D eigenvalue weighted by Crippen LogP contribution is -2.37. The fraction of sp³-hybridized carbons (Fsp3) is 0.312. The fourth-order valence-corrected chi connectivity index (χ4v) is 2.47. The summed E-state index contributed by atoms with van der Waals surface area (Å²) in [6.45, 7) is 2.36. The van der Waals surface area contributed by atoms with Crippen molar-refractivity contribution in [3.05, 3.63) is 46.1 Å². The molecule has 2 amide bonds. The van der Waals surface area contributed by atoms with Gasteiger partial charge in [0.15, 0.2) is 5.82 Å². The van der Waals surface area contributed by atoms with Crippen molar-refractivity contribution >= 4 is 23.4 Å². The molecule has 2 aromatic rings. The van der Waals surface area contributed by atoms with Crippen molar-refractivity contribution in [3.63, 3.8) is 0 Å². The molecule has 0 aliphatic carbocycles. The number of hydrogen-bond donors (Lipinski definition) is 4. The number of nitrogens with two attached hydrogens (primary N) is 1. The fourth-order valence-electron chi connectivity index (χ4n) is 2.27. The quantitative estimate of drug-likeness (QED) is 0.600. The van der Waals surface area contributed by atoms with Crippen LogP contribution in [0.4, 0.5) is 10.6 Å². The van der Waals surface area contributed by atoms with E-state index in [-0.39, 0.29) is 17.9 Å². The molecule has 1 aromatic carbocycles. The minimum Gasteiger partial charge on any atom is -0.381 e. The van der Waals surface area contributed by atoms with E-state index in [0.29, 0.717) is 35.7 Å². The van der Waals surface area contributed by atoms with E-state index >= 15 is 0 Å². The number of carbonyl (C=O) groups is 1. The van der Waals surface area contributed by atoms with Crippen LogP contribution in [0.3, 0.4) is 0 Å². The van der Waals surface area contributed by atoms with Crippen molar-refractivity contribution in [3.8, 4) is 6.07 Å². The molecule has 5 N–H and O–H groups in total. The van der Waals surface area contributed by atoms with Gasteiger partial charge < -0.3 is 16.4 Å². The highest BCUT2D eigenvalue weighted by molar-refractivity contribution is 6.30. The number of amides is 2. The maximum atomic E-state index is 11.9. The van der Waals surface area contributed by atoms with Gasteiger partial charge in [0, 0.05) is 11.6 Å². The molecule has 7 nitrogen and oxygen atoms in total. The van der Waals surface area contributed by atoms with Crippen molar-refractivity contribution in [2.24, 2.45) is 0 Å². The van der Waals surface area contributed by atoms with Gasteiger partial charge in [0.2, 0.25) is 0 Å². The summed E-state index contributed by atoms with van der Waals surface area (Å²) in [5, 5.41) is 21.8. The van der Waals surface area contributed by atoms with Gasteiger partial charge in [0.05, 0.1) is 11.7 Å². The van der Waals surface area contributed by atoms with Gasteiger partial charge in [-0.1, -0.05) is 23.7 Å². The van der Waals surface area contributed by atoms with Crippen LogP contribution in [0.25, 0.3) is 0 Å². The van der Waals surface area contributed by atoms with Crippen molar-refractivity contribution in [1.29, 1.82) is 5.26 Å². The predicted octanol–water partition coefficient (Wildman–Crippen LogP) is 2.51. The number of benzene rings is 1. The van der Waals surface area contributed by atoms with Gasteiger partial charge in [-0.2, -0.15) is 10.4 Å². The van der Waals surface area contributed by atoms with Crippen molar-refractivity contribution in [2.75, 3.05) is 12.3 Å². The summed E-state index contributed by atoms with van der Waals surface area (Å²) >= 11 is 5.94. The number of rotatable bonds is 6. The molecule has 2 rings (SSSR count). The second-order valence-electron chi connectivity index (χ2n) is 5.35. The van der Waals surface area contributed by atoms with Gasteiger partial charge in [-0.3, -0.25) is 5.10 Å². The molecule has 8 heteroatoms. The molecular formula is C16H19ClN6O. The number of halogens is 1. The predicted molar refractivity (Wildman–Crippen MR) is 92.4 cm³/mol. The highest BCUT2D eigenvalue weighted by Gasteiger charge is 2.11. The third-order valence-electron chi connectivity index (χ3n) is 3.57. The van der Waals surface area contributed by atoms with E-state index in [9.17, 15) is 4.79 Å². The molecule has 0 aliphatic heterocycles. The largest absolute Gasteiger partial charge is 0.381 e. The molecule has 0 spiro atoms. The van der Waals surface area contributed by atoms with E-state index in [4.69, 9.17) is 22.6 Å². The lowest BCUT2D eigenvalue weighted by molar-refractivity contribution is 0.238. The lowest BCUT2D eigenvalue weighted by Gasteiger charge is -2.15. The Hall–Kier alpha value is -2.72. The van der Waals surface area contributed by atoms with Gasteiger partial charge >= 0.3 is 6.03 Å². The lowest BCUT2D eigenvalue weighted by atomic mass is 10.1. The molecule has 126 valence electrons. The van der Waals surface area contributed by atoms with E-state index in [0.717, 1.165) is 5.56 Å². The number of nitriles is 1.